The Hall–Kier alpha value is -0.0900. The van der Waals surface area contributed by atoms with Crippen molar-refractivity contribution in [2.45, 2.75) is 88.5 Å². The SMILES string of the molecule is CCCC1(C(=O)OCC)CCC(O)(C2CCC(Br)CC2)CC1. The van der Waals surface area contributed by atoms with Gasteiger partial charge in [-0.1, -0.05) is 29.3 Å². The zero-order chi connectivity index (χ0) is 16.2. The minimum atomic E-state index is -0.559. The topological polar surface area (TPSA) is 46.5 Å². The van der Waals surface area contributed by atoms with Crippen molar-refractivity contribution < 1.29 is 14.6 Å². The van der Waals surface area contributed by atoms with Gasteiger partial charge in [0.2, 0.25) is 0 Å². The highest BCUT2D eigenvalue weighted by atomic mass is 79.9. The molecule has 22 heavy (non-hydrogen) atoms. The third-order valence-electron chi connectivity index (χ3n) is 5.93. The van der Waals surface area contributed by atoms with Crippen LogP contribution in [0.2, 0.25) is 0 Å². The van der Waals surface area contributed by atoms with Gasteiger partial charge in [0.15, 0.2) is 0 Å². The third-order valence-corrected chi connectivity index (χ3v) is 6.84. The summed E-state index contributed by atoms with van der Waals surface area (Å²) in [4.78, 5) is 13.1. The van der Waals surface area contributed by atoms with Gasteiger partial charge in [-0.3, -0.25) is 4.79 Å². The van der Waals surface area contributed by atoms with E-state index >= 15 is 0 Å². The Morgan fingerprint density at radius 1 is 1.14 bits per heavy atom. The van der Waals surface area contributed by atoms with Crippen LogP contribution in [0.5, 0.6) is 0 Å². The molecule has 2 saturated carbocycles. The summed E-state index contributed by atoms with van der Waals surface area (Å²) in [6.45, 7) is 4.44. The second kappa shape index (κ2) is 7.65. The molecular weight excluding hydrogens is 344 g/mol. The molecule has 0 aromatic heterocycles. The van der Waals surface area contributed by atoms with Gasteiger partial charge in [0.25, 0.3) is 0 Å². The van der Waals surface area contributed by atoms with Crippen LogP contribution in [0, 0.1) is 11.3 Å². The van der Waals surface area contributed by atoms with Crippen LogP contribution >= 0.6 is 15.9 Å². The molecule has 0 atom stereocenters. The van der Waals surface area contributed by atoms with E-state index in [1.807, 2.05) is 6.92 Å². The average Bonchev–Trinajstić information content (AvgIpc) is 2.51. The van der Waals surface area contributed by atoms with E-state index in [1.54, 1.807) is 0 Å². The van der Waals surface area contributed by atoms with Crippen molar-refractivity contribution >= 4 is 21.9 Å². The molecule has 0 spiro atoms. The molecule has 0 bridgehead atoms. The highest BCUT2D eigenvalue weighted by Gasteiger charge is 2.49. The van der Waals surface area contributed by atoms with Gasteiger partial charge in [-0.25, -0.2) is 0 Å². The molecule has 0 aromatic rings. The van der Waals surface area contributed by atoms with Crippen molar-refractivity contribution in [2.24, 2.45) is 11.3 Å². The fraction of sp³-hybridized carbons (Fsp3) is 0.944. The maximum Gasteiger partial charge on any atom is 0.312 e. The van der Waals surface area contributed by atoms with Crippen LogP contribution < -0.4 is 0 Å². The van der Waals surface area contributed by atoms with E-state index in [-0.39, 0.29) is 11.4 Å². The molecule has 3 nitrogen and oxygen atoms in total. The van der Waals surface area contributed by atoms with Crippen molar-refractivity contribution in [1.82, 2.24) is 0 Å². The smallest absolute Gasteiger partial charge is 0.312 e. The van der Waals surface area contributed by atoms with Crippen LogP contribution in [0.25, 0.3) is 0 Å². The molecule has 2 aliphatic rings. The van der Waals surface area contributed by atoms with Crippen LogP contribution in [0.15, 0.2) is 0 Å². The van der Waals surface area contributed by atoms with Crippen molar-refractivity contribution in [1.29, 1.82) is 0 Å². The lowest BCUT2D eigenvalue weighted by atomic mass is 9.61. The molecule has 0 saturated heterocycles. The summed E-state index contributed by atoms with van der Waals surface area (Å²) in [5.74, 6) is 0.367. The van der Waals surface area contributed by atoms with Crippen molar-refractivity contribution in [3.63, 3.8) is 0 Å². The van der Waals surface area contributed by atoms with E-state index < -0.39 is 5.60 Å². The first-order valence-electron chi connectivity index (χ1n) is 8.99. The number of hydrogen-bond acceptors (Lipinski definition) is 3. The number of ether oxygens (including phenoxy) is 1. The van der Waals surface area contributed by atoms with Crippen LogP contribution in [-0.4, -0.2) is 28.1 Å². The molecule has 0 amide bonds. The van der Waals surface area contributed by atoms with Crippen LogP contribution in [0.1, 0.15) is 78.1 Å². The lowest BCUT2D eigenvalue weighted by Gasteiger charge is -2.47. The predicted octanol–water partition coefficient (Wildman–Crippen LogP) is 4.59. The average molecular weight is 375 g/mol. The normalized spacial score (nSPS) is 39.5. The molecule has 128 valence electrons. The number of rotatable bonds is 5. The Bertz CT molecular complexity index is 367. The second-order valence-electron chi connectivity index (χ2n) is 7.30. The molecule has 1 N–H and O–H groups in total. The number of hydrogen-bond donors (Lipinski definition) is 1. The van der Waals surface area contributed by atoms with E-state index in [2.05, 4.69) is 22.9 Å². The van der Waals surface area contributed by atoms with Gasteiger partial charge in [0, 0.05) is 4.83 Å². The fourth-order valence-electron chi connectivity index (χ4n) is 4.48. The molecule has 0 aromatic carbocycles. The Morgan fingerprint density at radius 3 is 2.23 bits per heavy atom. The van der Waals surface area contributed by atoms with Crippen molar-refractivity contribution in [2.75, 3.05) is 6.61 Å². The summed E-state index contributed by atoms with van der Waals surface area (Å²) in [5.41, 5.74) is -0.902. The largest absolute Gasteiger partial charge is 0.466 e. The van der Waals surface area contributed by atoms with Gasteiger partial charge in [-0.05, 0) is 70.6 Å². The van der Waals surface area contributed by atoms with Crippen LogP contribution in [0.4, 0.5) is 0 Å². The minimum absolute atomic E-state index is 0.0388. The molecule has 0 heterocycles. The van der Waals surface area contributed by atoms with Gasteiger partial charge in [0.1, 0.15) is 0 Å². The van der Waals surface area contributed by atoms with E-state index in [1.165, 1.54) is 0 Å². The van der Waals surface area contributed by atoms with E-state index in [9.17, 15) is 9.90 Å². The van der Waals surface area contributed by atoms with Gasteiger partial charge >= 0.3 is 5.97 Å². The Morgan fingerprint density at radius 2 is 1.73 bits per heavy atom. The van der Waals surface area contributed by atoms with Gasteiger partial charge in [-0.2, -0.15) is 0 Å². The van der Waals surface area contributed by atoms with E-state index in [4.69, 9.17) is 4.74 Å². The number of carbonyl (C=O) groups excluding carboxylic acids is 1. The highest BCUT2D eigenvalue weighted by Crippen LogP contribution is 2.50. The summed E-state index contributed by atoms with van der Waals surface area (Å²) in [5, 5.41) is 11.1. The predicted molar refractivity (Wildman–Crippen MR) is 92.1 cm³/mol. The van der Waals surface area contributed by atoms with Gasteiger partial charge in [0.05, 0.1) is 17.6 Å². The zero-order valence-electron chi connectivity index (χ0n) is 14.1. The van der Waals surface area contributed by atoms with E-state index in [0.29, 0.717) is 17.4 Å². The lowest BCUT2D eigenvalue weighted by molar-refractivity contribution is -0.164. The van der Waals surface area contributed by atoms with Crippen LogP contribution in [0.3, 0.4) is 0 Å². The maximum atomic E-state index is 12.4. The summed E-state index contributed by atoms with van der Waals surface area (Å²) in [7, 11) is 0. The van der Waals surface area contributed by atoms with Crippen LogP contribution in [-0.2, 0) is 9.53 Å². The lowest BCUT2D eigenvalue weighted by Crippen LogP contribution is -2.48. The number of alkyl halides is 1. The highest BCUT2D eigenvalue weighted by molar-refractivity contribution is 9.09. The molecule has 2 rings (SSSR count). The molecule has 0 radical (unpaired) electrons. The molecular formula is C18H31BrO3. The zero-order valence-corrected chi connectivity index (χ0v) is 15.7. The standard InChI is InChI=1S/C18H31BrO3/c1-3-9-17(16(20)22-4-2)10-12-18(21,13-11-17)14-5-7-15(19)8-6-14/h14-15,21H,3-13H2,1-2H3. The minimum Gasteiger partial charge on any atom is -0.466 e. The summed E-state index contributed by atoms with van der Waals surface area (Å²) >= 11 is 3.69. The monoisotopic (exact) mass is 374 g/mol. The first-order valence-corrected chi connectivity index (χ1v) is 9.91. The van der Waals surface area contributed by atoms with E-state index in [0.717, 1.165) is 64.2 Å². The van der Waals surface area contributed by atoms with Crippen molar-refractivity contribution in [3.8, 4) is 0 Å². The molecule has 2 aliphatic carbocycles. The summed E-state index contributed by atoms with van der Waals surface area (Å²) < 4.78 is 5.34. The quantitative estimate of drug-likeness (QED) is 0.565. The van der Waals surface area contributed by atoms with Gasteiger partial charge < -0.3 is 9.84 Å². The molecule has 0 unspecified atom stereocenters. The second-order valence-corrected chi connectivity index (χ2v) is 8.60. The third kappa shape index (κ3) is 3.87. The molecule has 4 heteroatoms. The number of aliphatic hydroxyl groups is 1. The van der Waals surface area contributed by atoms with Gasteiger partial charge in [-0.15, -0.1) is 0 Å². The Balaban J connectivity index is 2.01. The first kappa shape index (κ1) is 18.3. The number of halogens is 1. The fourth-order valence-corrected chi connectivity index (χ4v) is 5.01. The number of carbonyl (C=O) groups is 1. The first-order chi connectivity index (χ1) is 10.5. The molecule has 2 fully saturated rings. The summed E-state index contributed by atoms with van der Waals surface area (Å²) in [6, 6.07) is 0. The Kier molecular flexibility index (Phi) is 6.35. The molecule has 0 aliphatic heterocycles. The summed E-state index contributed by atoms with van der Waals surface area (Å²) in [6.07, 6.45) is 9.47. The number of esters is 1. The Labute approximate surface area is 143 Å². The maximum absolute atomic E-state index is 12.4. The van der Waals surface area contributed by atoms with Crippen molar-refractivity contribution in [3.05, 3.63) is 0 Å².